The summed E-state index contributed by atoms with van der Waals surface area (Å²) in [4.78, 5) is 0.323. The number of benzene rings is 1. The summed E-state index contributed by atoms with van der Waals surface area (Å²) in [7, 11) is -1.77. The van der Waals surface area contributed by atoms with E-state index in [9.17, 15) is 8.42 Å². The van der Waals surface area contributed by atoms with Crippen molar-refractivity contribution in [3.8, 4) is 0 Å². The predicted molar refractivity (Wildman–Crippen MR) is 68.3 cm³/mol. The van der Waals surface area contributed by atoms with E-state index < -0.39 is 10.0 Å². The maximum Gasteiger partial charge on any atom is 0.243 e. The second-order valence-corrected chi connectivity index (χ2v) is 6.82. The van der Waals surface area contributed by atoms with Crippen molar-refractivity contribution >= 4 is 26.0 Å². The van der Waals surface area contributed by atoms with Crippen LogP contribution in [0.25, 0.3) is 0 Å². The van der Waals surface area contributed by atoms with E-state index in [0.717, 1.165) is 10.9 Å². The van der Waals surface area contributed by atoms with Crippen molar-refractivity contribution in [2.24, 2.45) is 0 Å². The summed E-state index contributed by atoms with van der Waals surface area (Å²) in [6, 6.07) is 6.76. The molecule has 1 heterocycles. The van der Waals surface area contributed by atoms with Gasteiger partial charge in [0.1, 0.15) is 0 Å². The highest BCUT2D eigenvalue weighted by atomic mass is 79.9. The zero-order chi connectivity index (χ0) is 12.5. The molecule has 1 atom stereocenters. The standard InChI is InChI=1S/C11H14BrNO3S/c1-16-10-5-6-13(8-10)17(14,15)11-4-2-3-9(12)7-11/h2-4,7,10H,5-6,8H2,1H3. The molecule has 0 saturated carbocycles. The number of ether oxygens (including phenoxy) is 1. The minimum Gasteiger partial charge on any atom is -0.380 e. The van der Waals surface area contributed by atoms with Crippen molar-refractivity contribution in [2.75, 3.05) is 20.2 Å². The molecule has 1 aromatic rings. The van der Waals surface area contributed by atoms with Gasteiger partial charge in [0.2, 0.25) is 10.0 Å². The molecule has 1 unspecified atom stereocenters. The molecule has 1 saturated heterocycles. The van der Waals surface area contributed by atoms with Gasteiger partial charge in [0, 0.05) is 24.7 Å². The average Bonchev–Trinajstić information content (AvgIpc) is 2.78. The Hall–Kier alpha value is -0.430. The topological polar surface area (TPSA) is 46.6 Å². The van der Waals surface area contributed by atoms with Crippen molar-refractivity contribution in [3.63, 3.8) is 0 Å². The van der Waals surface area contributed by atoms with Crippen molar-refractivity contribution in [1.29, 1.82) is 0 Å². The van der Waals surface area contributed by atoms with Crippen LogP contribution in [0.2, 0.25) is 0 Å². The van der Waals surface area contributed by atoms with Gasteiger partial charge in [-0.3, -0.25) is 0 Å². The Kier molecular flexibility index (Phi) is 3.87. The first kappa shape index (κ1) is 13.0. The smallest absolute Gasteiger partial charge is 0.243 e. The van der Waals surface area contributed by atoms with Crippen molar-refractivity contribution in [2.45, 2.75) is 17.4 Å². The summed E-state index contributed by atoms with van der Waals surface area (Å²) in [6.07, 6.45) is 0.765. The number of nitrogens with zero attached hydrogens (tertiary/aromatic N) is 1. The SMILES string of the molecule is COC1CCN(S(=O)(=O)c2cccc(Br)c2)C1. The molecule has 0 spiro atoms. The van der Waals surface area contributed by atoms with Gasteiger partial charge in [0.15, 0.2) is 0 Å². The average molecular weight is 320 g/mol. The zero-order valence-electron chi connectivity index (χ0n) is 9.47. The lowest BCUT2D eigenvalue weighted by Crippen LogP contribution is -2.30. The summed E-state index contributed by atoms with van der Waals surface area (Å²) in [6.45, 7) is 0.957. The highest BCUT2D eigenvalue weighted by molar-refractivity contribution is 9.10. The number of hydrogen-bond donors (Lipinski definition) is 0. The molecule has 6 heteroatoms. The van der Waals surface area contributed by atoms with E-state index in [0.29, 0.717) is 18.0 Å². The van der Waals surface area contributed by atoms with Gasteiger partial charge in [-0.1, -0.05) is 22.0 Å². The number of sulfonamides is 1. The fourth-order valence-corrected chi connectivity index (χ4v) is 3.97. The molecular weight excluding hydrogens is 306 g/mol. The second-order valence-electron chi connectivity index (χ2n) is 3.97. The van der Waals surface area contributed by atoms with Crippen molar-refractivity contribution in [3.05, 3.63) is 28.7 Å². The molecule has 2 rings (SSSR count). The molecule has 0 bridgehead atoms. The van der Waals surface area contributed by atoms with Crippen LogP contribution in [0.5, 0.6) is 0 Å². The Balaban J connectivity index is 2.25. The van der Waals surface area contributed by atoms with Crippen LogP contribution in [0.1, 0.15) is 6.42 Å². The highest BCUT2D eigenvalue weighted by Gasteiger charge is 2.32. The Bertz CT molecular complexity index is 503. The van der Waals surface area contributed by atoms with E-state index in [2.05, 4.69) is 15.9 Å². The molecule has 1 aliphatic heterocycles. The number of halogens is 1. The molecule has 0 aliphatic carbocycles. The highest BCUT2D eigenvalue weighted by Crippen LogP contribution is 2.24. The monoisotopic (exact) mass is 319 g/mol. The maximum absolute atomic E-state index is 12.3. The quantitative estimate of drug-likeness (QED) is 0.854. The Morgan fingerprint density at radius 3 is 2.82 bits per heavy atom. The Morgan fingerprint density at radius 1 is 1.47 bits per heavy atom. The molecule has 0 amide bonds. The summed E-state index contributed by atoms with van der Waals surface area (Å²) >= 11 is 3.28. The molecule has 0 N–H and O–H groups in total. The van der Waals surface area contributed by atoms with Gasteiger partial charge in [-0.05, 0) is 24.6 Å². The Morgan fingerprint density at radius 2 is 2.24 bits per heavy atom. The fourth-order valence-electron chi connectivity index (χ4n) is 1.88. The van der Waals surface area contributed by atoms with Crippen LogP contribution in [-0.2, 0) is 14.8 Å². The fraction of sp³-hybridized carbons (Fsp3) is 0.455. The van der Waals surface area contributed by atoms with Crippen LogP contribution in [-0.4, -0.2) is 39.0 Å². The minimum absolute atomic E-state index is 0.0110. The lowest BCUT2D eigenvalue weighted by atomic mass is 10.3. The molecule has 0 radical (unpaired) electrons. The summed E-state index contributed by atoms with van der Waals surface area (Å²) < 4.78 is 32.0. The summed E-state index contributed by atoms with van der Waals surface area (Å²) in [5.41, 5.74) is 0. The predicted octanol–water partition coefficient (Wildman–Crippen LogP) is 1.86. The molecule has 0 aromatic heterocycles. The van der Waals surface area contributed by atoms with Crippen LogP contribution in [0, 0.1) is 0 Å². The lowest BCUT2D eigenvalue weighted by Gasteiger charge is -2.16. The third kappa shape index (κ3) is 2.70. The van der Waals surface area contributed by atoms with Crippen LogP contribution < -0.4 is 0 Å². The third-order valence-corrected chi connectivity index (χ3v) is 5.23. The van der Waals surface area contributed by atoms with E-state index in [1.807, 2.05) is 0 Å². The van der Waals surface area contributed by atoms with Crippen LogP contribution in [0.4, 0.5) is 0 Å². The molecule has 1 fully saturated rings. The number of methoxy groups -OCH3 is 1. The van der Waals surface area contributed by atoms with E-state index in [1.54, 1.807) is 31.4 Å². The molecule has 1 aliphatic rings. The van der Waals surface area contributed by atoms with Crippen LogP contribution >= 0.6 is 15.9 Å². The lowest BCUT2D eigenvalue weighted by molar-refractivity contribution is 0.115. The van der Waals surface area contributed by atoms with Crippen molar-refractivity contribution in [1.82, 2.24) is 4.31 Å². The molecule has 1 aromatic carbocycles. The molecule has 17 heavy (non-hydrogen) atoms. The number of hydrogen-bond acceptors (Lipinski definition) is 3. The van der Waals surface area contributed by atoms with E-state index >= 15 is 0 Å². The molecule has 4 nitrogen and oxygen atoms in total. The molecular formula is C11H14BrNO3S. The first-order valence-electron chi connectivity index (χ1n) is 5.32. The Labute approximate surface area is 110 Å². The first-order chi connectivity index (χ1) is 8.04. The van der Waals surface area contributed by atoms with Gasteiger partial charge in [-0.2, -0.15) is 4.31 Å². The maximum atomic E-state index is 12.3. The normalized spacial score (nSPS) is 21.9. The molecule has 94 valence electrons. The van der Waals surface area contributed by atoms with Gasteiger partial charge in [-0.15, -0.1) is 0 Å². The zero-order valence-corrected chi connectivity index (χ0v) is 11.9. The second kappa shape index (κ2) is 5.06. The first-order valence-corrected chi connectivity index (χ1v) is 7.56. The van der Waals surface area contributed by atoms with Gasteiger partial charge < -0.3 is 4.74 Å². The van der Waals surface area contributed by atoms with E-state index in [4.69, 9.17) is 4.74 Å². The van der Waals surface area contributed by atoms with Gasteiger partial charge in [0.05, 0.1) is 11.0 Å². The van der Waals surface area contributed by atoms with E-state index in [-0.39, 0.29) is 6.10 Å². The third-order valence-electron chi connectivity index (χ3n) is 2.87. The van der Waals surface area contributed by atoms with Crippen LogP contribution in [0.15, 0.2) is 33.6 Å². The summed E-state index contributed by atoms with van der Waals surface area (Å²) in [5.74, 6) is 0. The van der Waals surface area contributed by atoms with Gasteiger partial charge >= 0.3 is 0 Å². The van der Waals surface area contributed by atoms with Gasteiger partial charge in [0.25, 0.3) is 0 Å². The minimum atomic E-state index is -3.38. The van der Waals surface area contributed by atoms with Crippen LogP contribution in [0.3, 0.4) is 0 Å². The largest absolute Gasteiger partial charge is 0.380 e. The van der Waals surface area contributed by atoms with Crippen molar-refractivity contribution < 1.29 is 13.2 Å². The summed E-state index contributed by atoms with van der Waals surface area (Å²) in [5, 5.41) is 0. The van der Waals surface area contributed by atoms with E-state index in [1.165, 1.54) is 4.31 Å². The number of rotatable bonds is 3. The van der Waals surface area contributed by atoms with Gasteiger partial charge in [-0.25, -0.2) is 8.42 Å².